The van der Waals surface area contributed by atoms with Gasteiger partial charge in [0, 0.05) is 26.8 Å². The van der Waals surface area contributed by atoms with Gasteiger partial charge in [-0.1, -0.05) is 18.2 Å². The molecule has 3 N–H and O–H groups in total. The summed E-state index contributed by atoms with van der Waals surface area (Å²) in [5.74, 6) is -1.37. The Bertz CT molecular complexity index is 637. The first-order valence-electron chi connectivity index (χ1n) is 8.77. The fourth-order valence-electron chi connectivity index (χ4n) is 3.62. The van der Waals surface area contributed by atoms with E-state index in [4.69, 9.17) is 9.47 Å². The van der Waals surface area contributed by atoms with Gasteiger partial charge < -0.3 is 14.8 Å². The minimum Gasteiger partial charge on any atom is -0.354 e. The van der Waals surface area contributed by atoms with E-state index in [1.165, 1.54) is 14.2 Å². The molecule has 3 rings (SSSR count). The Morgan fingerprint density at radius 1 is 1.31 bits per heavy atom. The maximum Gasteiger partial charge on any atom is 0.232 e. The molecule has 2 saturated heterocycles. The Morgan fingerprint density at radius 2 is 2.00 bits per heavy atom. The highest BCUT2D eigenvalue weighted by atomic mass is 16.7. The lowest BCUT2D eigenvalue weighted by Gasteiger charge is -2.35. The van der Waals surface area contributed by atoms with Crippen LogP contribution in [-0.4, -0.2) is 57.5 Å². The summed E-state index contributed by atoms with van der Waals surface area (Å²) >= 11 is 0. The zero-order valence-electron chi connectivity index (χ0n) is 15.3. The third-order valence-electron chi connectivity index (χ3n) is 5.02. The number of nitrogens with zero attached hydrogens (tertiary/aromatic N) is 1. The SMILES string of the molecule is COC(CNC(=O)C1CNC2C(C1=O)C(C)NN2c1ccccc1)OC. The van der Waals surface area contributed by atoms with Crippen molar-refractivity contribution in [3.8, 4) is 0 Å². The first-order valence-corrected chi connectivity index (χ1v) is 8.77. The van der Waals surface area contributed by atoms with Crippen molar-refractivity contribution in [3.05, 3.63) is 30.3 Å². The molecule has 8 heteroatoms. The van der Waals surface area contributed by atoms with Crippen LogP contribution in [0.5, 0.6) is 0 Å². The van der Waals surface area contributed by atoms with E-state index >= 15 is 0 Å². The second-order valence-corrected chi connectivity index (χ2v) is 6.60. The number of rotatable bonds is 6. The lowest BCUT2D eigenvalue weighted by molar-refractivity contribution is -0.141. The average Bonchev–Trinajstić information content (AvgIpc) is 3.01. The quantitative estimate of drug-likeness (QED) is 0.479. The molecule has 2 heterocycles. The van der Waals surface area contributed by atoms with Crippen molar-refractivity contribution in [1.82, 2.24) is 16.1 Å². The topological polar surface area (TPSA) is 91.9 Å². The van der Waals surface area contributed by atoms with Gasteiger partial charge in [-0.25, -0.2) is 5.43 Å². The van der Waals surface area contributed by atoms with Crippen LogP contribution in [0.25, 0.3) is 0 Å². The number of anilines is 1. The predicted octanol–water partition coefficient (Wildman–Crippen LogP) is -0.134. The summed E-state index contributed by atoms with van der Waals surface area (Å²) in [5, 5.41) is 8.07. The Balaban J connectivity index is 1.67. The van der Waals surface area contributed by atoms with E-state index in [9.17, 15) is 9.59 Å². The van der Waals surface area contributed by atoms with Gasteiger partial charge in [-0.3, -0.25) is 19.9 Å². The lowest BCUT2D eigenvalue weighted by Crippen LogP contribution is -2.59. The number of carbonyl (C=O) groups is 2. The first-order chi connectivity index (χ1) is 12.6. The number of fused-ring (bicyclic) bond motifs is 1. The van der Waals surface area contributed by atoms with Crippen molar-refractivity contribution in [2.75, 3.05) is 32.3 Å². The number of hydrazine groups is 1. The van der Waals surface area contributed by atoms with Gasteiger partial charge in [0.05, 0.1) is 18.2 Å². The second kappa shape index (κ2) is 8.13. The van der Waals surface area contributed by atoms with Crippen molar-refractivity contribution >= 4 is 17.4 Å². The monoisotopic (exact) mass is 362 g/mol. The largest absolute Gasteiger partial charge is 0.354 e. The van der Waals surface area contributed by atoms with Crippen LogP contribution in [0, 0.1) is 11.8 Å². The second-order valence-electron chi connectivity index (χ2n) is 6.60. The molecule has 142 valence electrons. The Morgan fingerprint density at radius 3 is 2.65 bits per heavy atom. The van der Waals surface area contributed by atoms with Crippen molar-refractivity contribution in [3.63, 3.8) is 0 Å². The zero-order valence-corrected chi connectivity index (χ0v) is 15.3. The highest BCUT2D eigenvalue weighted by Crippen LogP contribution is 2.31. The van der Waals surface area contributed by atoms with E-state index in [0.29, 0.717) is 6.54 Å². The zero-order chi connectivity index (χ0) is 18.7. The van der Waals surface area contributed by atoms with E-state index in [-0.39, 0.29) is 36.4 Å². The number of hydrogen-bond donors (Lipinski definition) is 3. The number of amides is 1. The van der Waals surface area contributed by atoms with Crippen LogP contribution in [0.2, 0.25) is 0 Å². The van der Waals surface area contributed by atoms with Crippen molar-refractivity contribution in [2.45, 2.75) is 25.4 Å². The number of ketones is 1. The molecule has 1 amide bonds. The fraction of sp³-hybridized carbons (Fsp3) is 0.556. The van der Waals surface area contributed by atoms with Gasteiger partial charge in [-0.2, -0.15) is 0 Å². The normalized spacial score (nSPS) is 28.3. The molecule has 0 radical (unpaired) electrons. The van der Waals surface area contributed by atoms with Crippen molar-refractivity contribution in [2.24, 2.45) is 11.8 Å². The molecule has 26 heavy (non-hydrogen) atoms. The lowest BCUT2D eigenvalue weighted by atomic mass is 9.83. The number of ether oxygens (including phenoxy) is 2. The van der Waals surface area contributed by atoms with E-state index in [1.807, 2.05) is 42.3 Å². The summed E-state index contributed by atoms with van der Waals surface area (Å²) in [6.07, 6.45) is -0.700. The summed E-state index contributed by atoms with van der Waals surface area (Å²) in [6, 6.07) is 9.77. The van der Waals surface area contributed by atoms with Gasteiger partial charge in [0.2, 0.25) is 5.91 Å². The van der Waals surface area contributed by atoms with Crippen molar-refractivity contribution in [1.29, 1.82) is 0 Å². The van der Waals surface area contributed by atoms with Gasteiger partial charge in [-0.05, 0) is 19.1 Å². The van der Waals surface area contributed by atoms with Gasteiger partial charge in [0.15, 0.2) is 12.1 Å². The predicted molar refractivity (Wildman–Crippen MR) is 96.1 cm³/mol. The molecule has 4 atom stereocenters. The number of Topliss-reactive ketones (excluding diaryl/α,β-unsaturated/α-hetero) is 1. The van der Waals surface area contributed by atoms with Gasteiger partial charge >= 0.3 is 0 Å². The minimum atomic E-state index is -0.717. The van der Waals surface area contributed by atoms with E-state index in [2.05, 4.69) is 16.1 Å². The Hall–Kier alpha value is -2.00. The van der Waals surface area contributed by atoms with E-state index < -0.39 is 12.2 Å². The molecular weight excluding hydrogens is 336 g/mol. The number of hydrogen-bond acceptors (Lipinski definition) is 7. The number of methoxy groups -OCH3 is 2. The number of nitrogens with one attached hydrogen (secondary N) is 3. The van der Waals surface area contributed by atoms with Crippen LogP contribution < -0.4 is 21.1 Å². The fourth-order valence-corrected chi connectivity index (χ4v) is 3.62. The van der Waals surface area contributed by atoms with Crippen LogP contribution in [0.4, 0.5) is 5.69 Å². The molecule has 4 unspecified atom stereocenters. The van der Waals surface area contributed by atoms with Crippen LogP contribution in [0.15, 0.2) is 30.3 Å². The number of para-hydroxylation sites is 1. The standard InChI is InChI=1S/C18H26N4O4/c1-11-15-16(23)13(18(24)20-10-14(25-2)26-3)9-19-17(15)22(21-11)12-7-5-4-6-8-12/h4-8,11,13-15,17,19,21H,9-10H2,1-3H3,(H,20,24). The van der Waals surface area contributed by atoms with Crippen molar-refractivity contribution < 1.29 is 19.1 Å². The first kappa shape index (κ1) is 18.8. The summed E-state index contributed by atoms with van der Waals surface area (Å²) in [6.45, 7) is 2.47. The molecule has 2 aliphatic rings. The van der Waals surface area contributed by atoms with Crippen LogP contribution in [0.1, 0.15) is 6.92 Å². The number of carbonyl (C=O) groups excluding carboxylic acids is 2. The van der Waals surface area contributed by atoms with Gasteiger partial charge in [0.25, 0.3) is 0 Å². The molecule has 0 saturated carbocycles. The highest BCUT2D eigenvalue weighted by Gasteiger charge is 2.50. The number of piperidine rings is 1. The molecule has 0 spiro atoms. The molecule has 8 nitrogen and oxygen atoms in total. The molecule has 0 bridgehead atoms. The summed E-state index contributed by atoms with van der Waals surface area (Å²) in [7, 11) is 3.00. The van der Waals surface area contributed by atoms with E-state index in [0.717, 1.165) is 5.69 Å². The smallest absolute Gasteiger partial charge is 0.232 e. The van der Waals surface area contributed by atoms with Crippen LogP contribution in [0.3, 0.4) is 0 Å². The highest BCUT2D eigenvalue weighted by molar-refractivity contribution is 6.04. The maximum atomic E-state index is 13.0. The van der Waals surface area contributed by atoms with Crippen LogP contribution in [-0.2, 0) is 19.1 Å². The molecule has 0 aromatic heterocycles. The molecule has 2 aliphatic heterocycles. The third kappa shape index (κ3) is 3.59. The average molecular weight is 362 g/mol. The molecule has 0 aliphatic carbocycles. The molecular formula is C18H26N4O4. The van der Waals surface area contributed by atoms with E-state index in [1.54, 1.807) is 0 Å². The summed E-state index contributed by atoms with van der Waals surface area (Å²) in [5.41, 5.74) is 4.33. The molecule has 1 aromatic carbocycles. The van der Waals surface area contributed by atoms with Gasteiger partial charge in [-0.15, -0.1) is 0 Å². The maximum absolute atomic E-state index is 13.0. The third-order valence-corrected chi connectivity index (χ3v) is 5.02. The summed E-state index contributed by atoms with van der Waals surface area (Å²) in [4.78, 5) is 25.5. The summed E-state index contributed by atoms with van der Waals surface area (Å²) < 4.78 is 10.1. The number of benzene rings is 1. The molecule has 1 aromatic rings. The Kier molecular flexibility index (Phi) is 5.87. The molecule has 2 fully saturated rings. The Labute approximate surface area is 153 Å². The minimum absolute atomic E-state index is 0.0453. The van der Waals surface area contributed by atoms with Crippen LogP contribution >= 0.6 is 0 Å². The van der Waals surface area contributed by atoms with Gasteiger partial charge in [0.1, 0.15) is 12.1 Å².